The molecule has 1 aliphatic heterocycles. The van der Waals surface area contributed by atoms with Crippen LogP contribution in [0.15, 0.2) is 42.5 Å². The van der Waals surface area contributed by atoms with E-state index in [9.17, 15) is 9.59 Å². The summed E-state index contributed by atoms with van der Waals surface area (Å²) in [5.74, 6) is 0.771. The van der Waals surface area contributed by atoms with Gasteiger partial charge in [-0.1, -0.05) is 11.6 Å². The van der Waals surface area contributed by atoms with Crippen LogP contribution in [0.25, 0.3) is 33.5 Å². The molecule has 1 atom stereocenters. The van der Waals surface area contributed by atoms with E-state index >= 15 is 0 Å². The molecule has 0 bridgehead atoms. The average molecular weight is 460 g/mol. The summed E-state index contributed by atoms with van der Waals surface area (Å²) in [6, 6.07) is 14.3. The van der Waals surface area contributed by atoms with Gasteiger partial charge in [0.2, 0.25) is 0 Å². The minimum Gasteiger partial charge on any atom is -0.445 e. The molecule has 1 saturated heterocycles. The molecule has 1 aliphatic rings. The topological polar surface area (TPSA) is 95.4 Å². The summed E-state index contributed by atoms with van der Waals surface area (Å²) < 4.78 is 9.48. The summed E-state index contributed by atoms with van der Waals surface area (Å²) in [5, 5.41) is 1.19. The molecule has 0 radical (unpaired) electrons. The van der Waals surface area contributed by atoms with Gasteiger partial charge >= 0.3 is 6.09 Å². The lowest BCUT2D eigenvalue weighted by Gasteiger charge is -2.32. The Hall–Kier alpha value is -3.81. The number of likely N-dealkylation sites (tertiary alicyclic amines) is 1. The van der Waals surface area contributed by atoms with E-state index in [1.165, 1.54) is 16.5 Å². The lowest BCUT2D eigenvalue weighted by Crippen LogP contribution is -2.44. The Kier molecular flexibility index (Phi) is 5.51. The summed E-state index contributed by atoms with van der Waals surface area (Å²) in [7, 11) is 2.01. The maximum atomic E-state index is 13.2. The summed E-state index contributed by atoms with van der Waals surface area (Å²) in [6.45, 7) is 6.04. The van der Waals surface area contributed by atoms with Gasteiger partial charge in [0.25, 0.3) is 5.91 Å². The third-order valence-corrected chi connectivity index (χ3v) is 6.68. The molecule has 5 rings (SSSR count). The van der Waals surface area contributed by atoms with Gasteiger partial charge in [0.1, 0.15) is 6.10 Å². The highest BCUT2D eigenvalue weighted by Gasteiger charge is 2.27. The fourth-order valence-electron chi connectivity index (χ4n) is 5.04. The molecule has 2 amide bonds. The largest absolute Gasteiger partial charge is 0.445 e. The third kappa shape index (κ3) is 3.79. The second kappa shape index (κ2) is 8.52. The van der Waals surface area contributed by atoms with Crippen molar-refractivity contribution in [1.82, 2.24) is 19.0 Å². The summed E-state index contributed by atoms with van der Waals surface area (Å²) in [6.07, 6.45) is 0.308. The highest BCUT2D eigenvalue weighted by atomic mass is 16.6. The second-order valence-corrected chi connectivity index (χ2v) is 8.99. The van der Waals surface area contributed by atoms with Crippen molar-refractivity contribution in [1.29, 1.82) is 0 Å². The molecule has 4 aromatic rings. The zero-order valence-electron chi connectivity index (χ0n) is 19.7. The number of carbonyl (C=O) groups excluding carboxylic acids is 2. The average Bonchev–Trinajstić information content (AvgIpc) is 3.34. The zero-order chi connectivity index (χ0) is 24.0. The predicted molar refractivity (Wildman–Crippen MR) is 132 cm³/mol. The molecule has 2 N–H and O–H groups in total. The van der Waals surface area contributed by atoms with Gasteiger partial charge in [-0.3, -0.25) is 4.79 Å². The summed E-state index contributed by atoms with van der Waals surface area (Å²) in [5.41, 5.74) is 10.9. The van der Waals surface area contributed by atoms with Gasteiger partial charge in [0.05, 0.1) is 23.3 Å². The number of carbonyl (C=O) groups is 2. The van der Waals surface area contributed by atoms with Crippen LogP contribution >= 0.6 is 0 Å². The minimum atomic E-state index is -0.804. The number of nitrogens with two attached hydrogens (primary N) is 1. The Balaban J connectivity index is 1.50. The molecule has 2 aromatic heterocycles. The zero-order valence-corrected chi connectivity index (χ0v) is 19.7. The van der Waals surface area contributed by atoms with Crippen molar-refractivity contribution < 1.29 is 14.3 Å². The number of amides is 2. The van der Waals surface area contributed by atoms with Crippen molar-refractivity contribution in [3.63, 3.8) is 0 Å². The number of hydrogen-bond donors (Lipinski definition) is 1. The number of rotatable bonds is 4. The summed E-state index contributed by atoms with van der Waals surface area (Å²) >= 11 is 0. The number of piperidine rings is 1. The number of hydrogen-bond acceptors (Lipinski definition) is 4. The van der Waals surface area contributed by atoms with Gasteiger partial charge in [0, 0.05) is 36.6 Å². The number of fused-ring (bicyclic) bond motifs is 2. The number of benzene rings is 2. The fraction of sp³-hybridized carbons (Fsp3) is 0.346. The molecule has 8 nitrogen and oxygen atoms in total. The van der Waals surface area contributed by atoms with E-state index in [1.54, 1.807) is 4.90 Å². The number of primary amides is 1. The van der Waals surface area contributed by atoms with E-state index in [2.05, 4.69) is 47.2 Å². The van der Waals surface area contributed by atoms with Crippen molar-refractivity contribution in [2.45, 2.75) is 39.3 Å². The molecule has 34 heavy (non-hydrogen) atoms. The quantitative estimate of drug-likeness (QED) is 0.494. The first-order valence-corrected chi connectivity index (χ1v) is 11.7. The number of nitrogens with zero attached hydrogens (tertiary/aromatic N) is 4. The van der Waals surface area contributed by atoms with E-state index < -0.39 is 6.09 Å². The Bertz CT molecular complexity index is 1420. The van der Waals surface area contributed by atoms with Crippen LogP contribution < -0.4 is 5.73 Å². The van der Waals surface area contributed by atoms with E-state index in [0.717, 1.165) is 35.5 Å². The Morgan fingerprint density at radius 1 is 1.15 bits per heavy atom. The van der Waals surface area contributed by atoms with Crippen LogP contribution in [-0.2, 0) is 18.3 Å². The van der Waals surface area contributed by atoms with Gasteiger partial charge in [-0.2, -0.15) is 0 Å². The predicted octanol–water partition coefficient (Wildman–Crippen LogP) is 4.22. The third-order valence-electron chi connectivity index (χ3n) is 6.68. The number of imidazole rings is 1. The van der Waals surface area contributed by atoms with Crippen LogP contribution in [0.2, 0.25) is 0 Å². The van der Waals surface area contributed by atoms with E-state index in [4.69, 9.17) is 15.5 Å². The first-order valence-electron chi connectivity index (χ1n) is 11.7. The second-order valence-electron chi connectivity index (χ2n) is 8.99. The highest BCUT2D eigenvalue weighted by Crippen LogP contribution is 2.31. The van der Waals surface area contributed by atoms with Gasteiger partial charge in [-0.25, -0.2) is 9.78 Å². The molecule has 8 heteroatoms. The van der Waals surface area contributed by atoms with Crippen molar-refractivity contribution in [3.05, 3.63) is 53.6 Å². The molecule has 1 fully saturated rings. The van der Waals surface area contributed by atoms with Gasteiger partial charge in [-0.05, 0) is 63.1 Å². The fourth-order valence-corrected chi connectivity index (χ4v) is 5.04. The van der Waals surface area contributed by atoms with Crippen LogP contribution in [0.5, 0.6) is 0 Å². The Labute approximate surface area is 197 Å². The Morgan fingerprint density at radius 3 is 2.71 bits per heavy atom. The lowest BCUT2D eigenvalue weighted by molar-refractivity contribution is 0.0373. The molecular formula is C26H29N5O3. The number of aromatic nitrogens is 3. The Morgan fingerprint density at radius 2 is 1.94 bits per heavy atom. The number of ether oxygens (including phenoxy) is 1. The molecule has 3 heterocycles. The van der Waals surface area contributed by atoms with Gasteiger partial charge < -0.3 is 24.5 Å². The highest BCUT2D eigenvalue weighted by molar-refractivity contribution is 5.98. The molecule has 2 aromatic carbocycles. The van der Waals surface area contributed by atoms with Crippen molar-refractivity contribution in [2.24, 2.45) is 12.8 Å². The summed E-state index contributed by atoms with van der Waals surface area (Å²) in [4.78, 5) is 31.0. The minimum absolute atomic E-state index is 0.0926. The van der Waals surface area contributed by atoms with Crippen LogP contribution in [0.3, 0.4) is 0 Å². The van der Waals surface area contributed by atoms with Crippen molar-refractivity contribution >= 4 is 33.9 Å². The van der Waals surface area contributed by atoms with Gasteiger partial charge in [-0.15, -0.1) is 0 Å². The monoisotopic (exact) mass is 459 g/mol. The van der Waals surface area contributed by atoms with Crippen LogP contribution in [0.4, 0.5) is 4.79 Å². The molecule has 0 spiro atoms. The smallest absolute Gasteiger partial charge is 0.404 e. The van der Waals surface area contributed by atoms with Crippen LogP contribution in [-0.4, -0.2) is 50.2 Å². The van der Waals surface area contributed by atoms with E-state index in [-0.39, 0.29) is 12.0 Å². The standard InChI is InChI=1S/C26H29N5O3/c1-4-31-21-9-7-16(2)12-18(21)14-23(31)24-28-20-13-17(8-10-22(20)29(24)3)25(32)30-11-5-6-19(15-30)34-26(27)33/h7-10,12-14,19H,4-6,11,15H2,1-3H3,(H2,27,33). The van der Waals surface area contributed by atoms with Crippen molar-refractivity contribution in [2.75, 3.05) is 13.1 Å². The molecular weight excluding hydrogens is 430 g/mol. The molecule has 0 saturated carbocycles. The van der Waals surface area contributed by atoms with Crippen molar-refractivity contribution in [3.8, 4) is 11.5 Å². The molecule has 1 unspecified atom stereocenters. The van der Waals surface area contributed by atoms with Crippen LogP contribution in [0, 0.1) is 6.92 Å². The molecule has 176 valence electrons. The van der Waals surface area contributed by atoms with Gasteiger partial charge in [0.15, 0.2) is 5.82 Å². The first kappa shape index (κ1) is 22.0. The maximum absolute atomic E-state index is 13.2. The lowest BCUT2D eigenvalue weighted by atomic mass is 10.1. The van der Waals surface area contributed by atoms with E-state index in [0.29, 0.717) is 25.1 Å². The number of aryl methyl sites for hydroxylation is 3. The first-order chi connectivity index (χ1) is 16.4. The maximum Gasteiger partial charge on any atom is 0.404 e. The normalized spacial score (nSPS) is 16.3. The SMILES string of the molecule is CCn1c(-c2nc3cc(C(=O)N4CCCC(OC(N)=O)C4)ccc3n2C)cc2cc(C)ccc21. The van der Waals surface area contributed by atoms with Crippen LogP contribution in [0.1, 0.15) is 35.7 Å². The molecule has 0 aliphatic carbocycles. The van der Waals surface area contributed by atoms with E-state index in [1.807, 2.05) is 25.2 Å².